The van der Waals surface area contributed by atoms with Crippen LogP contribution in [0.2, 0.25) is 0 Å². The van der Waals surface area contributed by atoms with Crippen LogP contribution in [0.4, 0.5) is 22.7 Å². The fraction of sp³-hybridized carbons (Fsp3) is 0.308. The fourth-order valence-electron chi connectivity index (χ4n) is 3.47. The third-order valence-corrected chi connectivity index (χ3v) is 5.65. The summed E-state index contributed by atoms with van der Waals surface area (Å²) < 4.78 is 0. The second-order valence-electron chi connectivity index (χ2n) is 7.62. The summed E-state index contributed by atoms with van der Waals surface area (Å²) in [5.74, 6) is 1.09. The molecule has 0 heterocycles. The van der Waals surface area contributed by atoms with Gasteiger partial charge in [0.05, 0.1) is 0 Å². The van der Waals surface area contributed by atoms with E-state index in [0.717, 1.165) is 24.2 Å². The van der Waals surface area contributed by atoms with Gasteiger partial charge in [0.25, 0.3) is 0 Å². The smallest absolute Gasteiger partial charge is 0.0419 e. The monoisotopic (exact) mass is 372 g/mol. The summed E-state index contributed by atoms with van der Waals surface area (Å²) in [6.07, 6.45) is 2.27. The van der Waals surface area contributed by atoms with Gasteiger partial charge in [0.2, 0.25) is 0 Å². The topological polar surface area (TPSA) is 24.1 Å². The molecular formula is C26H32N2. The number of para-hydroxylation sites is 2. The Morgan fingerprint density at radius 3 is 1.29 bits per heavy atom. The Kier molecular flexibility index (Phi) is 6.76. The molecule has 0 saturated heterocycles. The van der Waals surface area contributed by atoms with Crippen LogP contribution in [0.5, 0.6) is 0 Å². The first kappa shape index (κ1) is 20.0. The van der Waals surface area contributed by atoms with Crippen LogP contribution in [0.25, 0.3) is 0 Å². The second kappa shape index (κ2) is 9.45. The van der Waals surface area contributed by atoms with Gasteiger partial charge in [0, 0.05) is 22.7 Å². The molecule has 0 amide bonds. The van der Waals surface area contributed by atoms with E-state index in [1.807, 2.05) is 0 Å². The van der Waals surface area contributed by atoms with Crippen LogP contribution in [-0.4, -0.2) is 0 Å². The first-order chi connectivity index (χ1) is 13.6. The highest BCUT2D eigenvalue weighted by atomic mass is 14.9. The van der Waals surface area contributed by atoms with Crippen LogP contribution in [0.15, 0.2) is 72.8 Å². The van der Waals surface area contributed by atoms with E-state index in [9.17, 15) is 0 Å². The molecule has 3 rings (SSSR count). The zero-order chi connectivity index (χ0) is 19.9. The van der Waals surface area contributed by atoms with Crippen LogP contribution in [-0.2, 0) is 0 Å². The maximum absolute atomic E-state index is 3.59. The lowest BCUT2D eigenvalue weighted by Gasteiger charge is -2.18. The van der Waals surface area contributed by atoms with Gasteiger partial charge in [-0.05, 0) is 72.2 Å². The van der Waals surface area contributed by atoms with E-state index in [4.69, 9.17) is 0 Å². The molecule has 2 heteroatoms. The van der Waals surface area contributed by atoms with E-state index >= 15 is 0 Å². The Morgan fingerprint density at radius 2 is 0.929 bits per heavy atom. The highest BCUT2D eigenvalue weighted by Gasteiger charge is 2.10. The number of rotatable bonds is 8. The third kappa shape index (κ3) is 4.75. The molecule has 3 aromatic carbocycles. The van der Waals surface area contributed by atoms with E-state index in [1.165, 1.54) is 22.5 Å². The maximum atomic E-state index is 3.59. The molecule has 2 atom stereocenters. The normalized spacial score (nSPS) is 13.0. The minimum Gasteiger partial charge on any atom is -0.355 e. The SMILES string of the molecule is CCC(C)c1ccccc1Nc1ccc(Nc2ccccc2C(C)CC)cc1. The van der Waals surface area contributed by atoms with Gasteiger partial charge < -0.3 is 10.6 Å². The Hall–Kier alpha value is -2.74. The molecule has 0 aliphatic heterocycles. The predicted molar refractivity (Wildman–Crippen MR) is 123 cm³/mol. The largest absolute Gasteiger partial charge is 0.355 e. The van der Waals surface area contributed by atoms with Gasteiger partial charge in [-0.25, -0.2) is 0 Å². The molecule has 0 spiro atoms. The molecule has 3 aromatic rings. The molecule has 28 heavy (non-hydrogen) atoms. The van der Waals surface area contributed by atoms with Crippen molar-refractivity contribution in [1.29, 1.82) is 0 Å². The summed E-state index contributed by atoms with van der Waals surface area (Å²) in [5.41, 5.74) is 7.34. The molecule has 0 saturated carbocycles. The number of benzene rings is 3. The van der Waals surface area contributed by atoms with Crippen molar-refractivity contribution >= 4 is 22.7 Å². The highest BCUT2D eigenvalue weighted by Crippen LogP contribution is 2.31. The lowest BCUT2D eigenvalue weighted by atomic mass is 9.96. The van der Waals surface area contributed by atoms with E-state index in [-0.39, 0.29) is 0 Å². The van der Waals surface area contributed by atoms with Crippen LogP contribution in [0.1, 0.15) is 63.5 Å². The van der Waals surface area contributed by atoms with Gasteiger partial charge in [-0.1, -0.05) is 64.1 Å². The molecule has 0 aliphatic carbocycles. The second-order valence-corrected chi connectivity index (χ2v) is 7.62. The van der Waals surface area contributed by atoms with Crippen molar-refractivity contribution in [2.45, 2.75) is 52.4 Å². The molecule has 146 valence electrons. The zero-order valence-corrected chi connectivity index (χ0v) is 17.5. The van der Waals surface area contributed by atoms with Crippen molar-refractivity contribution in [3.05, 3.63) is 83.9 Å². The van der Waals surface area contributed by atoms with Crippen LogP contribution in [0.3, 0.4) is 0 Å². The van der Waals surface area contributed by atoms with Gasteiger partial charge >= 0.3 is 0 Å². The molecule has 2 nitrogen and oxygen atoms in total. The maximum Gasteiger partial charge on any atom is 0.0419 e. The lowest BCUT2D eigenvalue weighted by Crippen LogP contribution is -2.00. The van der Waals surface area contributed by atoms with Crippen molar-refractivity contribution in [2.75, 3.05) is 10.6 Å². The summed E-state index contributed by atoms with van der Waals surface area (Å²) in [5, 5.41) is 7.18. The molecule has 0 fully saturated rings. The van der Waals surface area contributed by atoms with Crippen molar-refractivity contribution in [3.8, 4) is 0 Å². The number of hydrogen-bond acceptors (Lipinski definition) is 2. The zero-order valence-electron chi connectivity index (χ0n) is 17.5. The van der Waals surface area contributed by atoms with Gasteiger partial charge in [0.15, 0.2) is 0 Å². The van der Waals surface area contributed by atoms with Gasteiger partial charge in [-0.3, -0.25) is 0 Å². The summed E-state index contributed by atoms with van der Waals surface area (Å²) in [6, 6.07) is 25.8. The van der Waals surface area contributed by atoms with Crippen molar-refractivity contribution in [3.63, 3.8) is 0 Å². The fourth-order valence-corrected chi connectivity index (χ4v) is 3.47. The van der Waals surface area contributed by atoms with E-state index < -0.39 is 0 Å². The summed E-state index contributed by atoms with van der Waals surface area (Å²) >= 11 is 0. The molecule has 0 aromatic heterocycles. The van der Waals surface area contributed by atoms with E-state index in [0.29, 0.717) is 11.8 Å². The number of anilines is 4. The molecule has 2 N–H and O–H groups in total. The van der Waals surface area contributed by atoms with Crippen molar-refractivity contribution < 1.29 is 0 Å². The standard InChI is InChI=1S/C26H32N2/c1-5-19(3)23-11-7-9-13-25(23)27-21-15-17-22(18-16-21)28-26-14-10-8-12-24(26)20(4)6-2/h7-20,27-28H,5-6H2,1-4H3. The van der Waals surface area contributed by atoms with Crippen LogP contribution in [0, 0.1) is 0 Å². The quantitative estimate of drug-likeness (QED) is 0.416. The van der Waals surface area contributed by atoms with Gasteiger partial charge in [0.1, 0.15) is 0 Å². The summed E-state index contributed by atoms with van der Waals surface area (Å²) in [7, 11) is 0. The minimum absolute atomic E-state index is 0.543. The summed E-state index contributed by atoms with van der Waals surface area (Å²) in [6.45, 7) is 9.03. The average molecular weight is 373 g/mol. The van der Waals surface area contributed by atoms with E-state index in [1.54, 1.807) is 0 Å². The van der Waals surface area contributed by atoms with Gasteiger partial charge in [-0.15, -0.1) is 0 Å². The van der Waals surface area contributed by atoms with E-state index in [2.05, 4.69) is 111 Å². The third-order valence-electron chi connectivity index (χ3n) is 5.65. The molecular weight excluding hydrogens is 340 g/mol. The first-order valence-corrected chi connectivity index (χ1v) is 10.4. The first-order valence-electron chi connectivity index (χ1n) is 10.4. The molecule has 0 radical (unpaired) electrons. The Morgan fingerprint density at radius 1 is 0.571 bits per heavy atom. The van der Waals surface area contributed by atoms with Crippen LogP contribution < -0.4 is 10.6 Å². The molecule has 0 bridgehead atoms. The lowest BCUT2D eigenvalue weighted by molar-refractivity contribution is 0.735. The Bertz CT molecular complexity index is 808. The Balaban J connectivity index is 1.75. The predicted octanol–water partition coefficient (Wildman–Crippen LogP) is 8.20. The minimum atomic E-state index is 0.543. The average Bonchev–Trinajstić information content (AvgIpc) is 2.75. The molecule has 2 unspecified atom stereocenters. The molecule has 0 aliphatic rings. The van der Waals surface area contributed by atoms with Crippen LogP contribution >= 0.6 is 0 Å². The number of nitrogens with one attached hydrogen (secondary N) is 2. The number of hydrogen-bond donors (Lipinski definition) is 2. The van der Waals surface area contributed by atoms with Crippen molar-refractivity contribution in [1.82, 2.24) is 0 Å². The van der Waals surface area contributed by atoms with Gasteiger partial charge in [-0.2, -0.15) is 0 Å². The highest BCUT2D eigenvalue weighted by molar-refractivity contribution is 5.69. The van der Waals surface area contributed by atoms with Crippen molar-refractivity contribution in [2.24, 2.45) is 0 Å². The summed E-state index contributed by atoms with van der Waals surface area (Å²) in [4.78, 5) is 0. The Labute approximate surface area is 170 Å².